The minimum Gasteiger partial charge on any atom is -0.497 e. The van der Waals surface area contributed by atoms with E-state index in [-0.39, 0.29) is 12.6 Å². The van der Waals surface area contributed by atoms with E-state index in [4.69, 9.17) is 4.74 Å². The van der Waals surface area contributed by atoms with Gasteiger partial charge in [-0.25, -0.2) is 0 Å². The summed E-state index contributed by atoms with van der Waals surface area (Å²) in [5.41, 5.74) is 1.93. The van der Waals surface area contributed by atoms with Crippen LogP contribution in [0.15, 0.2) is 53.0 Å². The quantitative estimate of drug-likeness (QED) is 0.884. The maximum absolute atomic E-state index is 9.58. The van der Waals surface area contributed by atoms with Crippen molar-refractivity contribution in [2.24, 2.45) is 0 Å². The molecular formula is C15H16BrNO2. The molecule has 0 aliphatic heterocycles. The van der Waals surface area contributed by atoms with Gasteiger partial charge in [0.25, 0.3) is 0 Å². The number of para-hydroxylation sites is 1. The summed E-state index contributed by atoms with van der Waals surface area (Å²) in [6.45, 7) is 0.00843. The van der Waals surface area contributed by atoms with Crippen molar-refractivity contribution in [2.45, 2.75) is 6.04 Å². The second-order valence-corrected chi connectivity index (χ2v) is 4.99. The monoisotopic (exact) mass is 321 g/mol. The Morgan fingerprint density at radius 1 is 1.21 bits per heavy atom. The zero-order valence-corrected chi connectivity index (χ0v) is 12.2. The van der Waals surface area contributed by atoms with Crippen molar-refractivity contribution in [2.75, 3.05) is 19.0 Å². The molecule has 0 amide bonds. The Hall–Kier alpha value is -1.52. The number of anilines is 1. The number of halogens is 1. The van der Waals surface area contributed by atoms with E-state index >= 15 is 0 Å². The third kappa shape index (κ3) is 3.49. The molecule has 0 bridgehead atoms. The van der Waals surface area contributed by atoms with Crippen LogP contribution in [0.2, 0.25) is 0 Å². The predicted molar refractivity (Wildman–Crippen MR) is 80.6 cm³/mol. The maximum Gasteiger partial charge on any atom is 0.119 e. The standard InChI is InChI=1S/C15H16BrNO2/c1-19-12-6-4-5-11(9-12)15(10-18)17-14-8-3-2-7-13(14)16/h2-9,15,17-18H,10H2,1H3. The zero-order chi connectivity index (χ0) is 13.7. The average molecular weight is 322 g/mol. The SMILES string of the molecule is COc1cccc(C(CO)Nc2ccccc2Br)c1. The number of benzene rings is 2. The van der Waals surface area contributed by atoms with Crippen LogP contribution in [0.3, 0.4) is 0 Å². The minimum atomic E-state index is -0.172. The van der Waals surface area contributed by atoms with Crippen LogP contribution in [0.1, 0.15) is 11.6 Å². The molecule has 0 aliphatic rings. The highest BCUT2D eigenvalue weighted by Crippen LogP contribution is 2.27. The van der Waals surface area contributed by atoms with Crippen molar-refractivity contribution in [3.8, 4) is 5.75 Å². The van der Waals surface area contributed by atoms with Crippen molar-refractivity contribution in [3.63, 3.8) is 0 Å². The summed E-state index contributed by atoms with van der Waals surface area (Å²) in [6, 6.07) is 15.3. The Morgan fingerprint density at radius 3 is 2.68 bits per heavy atom. The molecule has 0 aliphatic carbocycles. The second kappa shape index (κ2) is 6.59. The lowest BCUT2D eigenvalue weighted by molar-refractivity contribution is 0.276. The smallest absolute Gasteiger partial charge is 0.119 e. The van der Waals surface area contributed by atoms with Crippen LogP contribution in [-0.2, 0) is 0 Å². The molecule has 0 spiro atoms. The lowest BCUT2D eigenvalue weighted by atomic mass is 10.1. The molecular weight excluding hydrogens is 306 g/mol. The van der Waals surface area contributed by atoms with E-state index in [0.717, 1.165) is 21.5 Å². The predicted octanol–water partition coefficient (Wildman–Crippen LogP) is 3.60. The summed E-state index contributed by atoms with van der Waals surface area (Å²) in [6.07, 6.45) is 0. The van der Waals surface area contributed by atoms with Crippen molar-refractivity contribution < 1.29 is 9.84 Å². The molecule has 0 radical (unpaired) electrons. The lowest BCUT2D eigenvalue weighted by Crippen LogP contribution is -2.15. The normalized spacial score (nSPS) is 11.9. The minimum absolute atomic E-state index is 0.00843. The number of ether oxygens (including phenoxy) is 1. The molecule has 4 heteroatoms. The van der Waals surface area contributed by atoms with Gasteiger partial charge in [-0.1, -0.05) is 24.3 Å². The highest BCUT2D eigenvalue weighted by atomic mass is 79.9. The van der Waals surface area contributed by atoms with Gasteiger partial charge in [-0.2, -0.15) is 0 Å². The summed E-state index contributed by atoms with van der Waals surface area (Å²) >= 11 is 3.49. The molecule has 3 nitrogen and oxygen atoms in total. The number of hydrogen-bond donors (Lipinski definition) is 2. The Kier molecular flexibility index (Phi) is 4.82. The van der Waals surface area contributed by atoms with Gasteiger partial charge in [-0.05, 0) is 45.8 Å². The molecule has 0 aromatic heterocycles. The fourth-order valence-corrected chi connectivity index (χ4v) is 2.26. The Labute approximate surface area is 121 Å². The molecule has 2 aromatic rings. The van der Waals surface area contributed by atoms with Crippen molar-refractivity contribution in [1.29, 1.82) is 0 Å². The van der Waals surface area contributed by atoms with E-state index in [9.17, 15) is 5.11 Å². The number of nitrogens with one attached hydrogen (secondary N) is 1. The number of methoxy groups -OCH3 is 1. The van der Waals surface area contributed by atoms with E-state index in [1.54, 1.807) is 7.11 Å². The lowest BCUT2D eigenvalue weighted by Gasteiger charge is -2.19. The fraction of sp³-hybridized carbons (Fsp3) is 0.200. The van der Waals surface area contributed by atoms with E-state index in [1.807, 2.05) is 48.5 Å². The molecule has 0 fully saturated rings. The maximum atomic E-state index is 9.58. The first kappa shape index (κ1) is 13.9. The van der Waals surface area contributed by atoms with Crippen LogP contribution in [0.4, 0.5) is 5.69 Å². The Bertz CT molecular complexity index is 545. The summed E-state index contributed by atoms with van der Waals surface area (Å²) in [5.74, 6) is 0.782. The van der Waals surface area contributed by atoms with Gasteiger partial charge in [-0.15, -0.1) is 0 Å². The highest BCUT2D eigenvalue weighted by molar-refractivity contribution is 9.10. The van der Waals surface area contributed by atoms with Crippen molar-refractivity contribution in [1.82, 2.24) is 0 Å². The van der Waals surface area contributed by atoms with Gasteiger partial charge < -0.3 is 15.2 Å². The summed E-state index contributed by atoms with van der Waals surface area (Å²) in [4.78, 5) is 0. The number of hydrogen-bond acceptors (Lipinski definition) is 3. The van der Waals surface area contributed by atoms with E-state index in [0.29, 0.717) is 0 Å². The van der Waals surface area contributed by atoms with E-state index in [1.165, 1.54) is 0 Å². The first-order valence-electron chi connectivity index (χ1n) is 6.00. The molecule has 0 saturated carbocycles. The molecule has 0 saturated heterocycles. The van der Waals surface area contributed by atoms with Crippen LogP contribution in [0.5, 0.6) is 5.75 Å². The number of rotatable bonds is 5. The molecule has 100 valence electrons. The third-order valence-electron chi connectivity index (χ3n) is 2.88. The van der Waals surface area contributed by atoms with Gasteiger partial charge in [0.15, 0.2) is 0 Å². The largest absolute Gasteiger partial charge is 0.497 e. The molecule has 2 aromatic carbocycles. The molecule has 1 atom stereocenters. The van der Waals surface area contributed by atoms with Crippen LogP contribution >= 0.6 is 15.9 Å². The van der Waals surface area contributed by atoms with E-state index < -0.39 is 0 Å². The second-order valence-electron chi connectivity index (χ2n) is 4.14. The third-order valence-corrected chi connectivity index (χ3v) is 3.57. The van der Waals surface area contributed by atoms with Gasteiger partial charge in [0.05, 0.1) is 19.8 Å². The van der Waals surface area contributed by atoms with Crippen LogP contribution < -0.4 is 10.1 Å². The van der Waals surface area contributed by atoms with Gasteiger partial charge in [-0.3, -0.25) is 0 Å². The number of aliphatic hydroxyl groups is 1. The molecule has 1 unspecified atom stereocenters. The van der Waals surface area contributed by atoms with Crippen molar-refractivity contribution >= 4 is 21.6 Å². The summed E-state index contributed by atoms with van der Waals surface area (Å²) < 4.78 is 6.17. The Morgan fingerprint density at radius 2 is 2.00 bits per heavy atom. The topological polar surface area (TPSA) is 41.5 Å². The fourth-order valence-electron chi connectivity index (χ4n) is 1.86. The van der Waals surface area contributed by atoms with Crippen LogP contribution in [-0.4, -0.2) is 18.8 Å². The van der Waals surface area contributed by atoms with Gasteiger partial charge >= 0.3 is 0 Å². The Balaban J connectivity index is 2.22. The van der Waals surface area contributed by atoms with Gasteiger partial charge in [0.1, 0.15) is 5.75 Å². The molecule has 2 rings (SSSR count). The molecule has 19 heavy (non-hydrogen) atoms. The average Bonchev–Trinajstić information content (AvgIpc) is 2.46. The van der Waals surface area contributed by atoms with Crippen LogP contribution in [0, 0.1) is 0 Å². The molecule has 2 N–H and O–H groups in total. The summed E-state index contributed by atoms with van der Waals surface area (Å²) in [5, 5.41) is 12.9. The van der Waals surface area contributed by atoms with Crippen molar-refractivity contribution in [3.05, 3.63) is 58.6 Å². The zero-order valence-electron chi connectivity index (χ0n) is 10.6. The first-order valence-corrected chi connectivity index (χ1v) is 6.79. The van der Waals surface area contributed by atoms with E-state index in [2.05, 4.69) is 21.2 Å². The van der Waals surface area contributed by atoms with Gasteiger partial charge in [0.2, 0.25) is 0 Å². The number of aliphatic hydroxyl groups excluding tert-OH is 1. The summed E-state index contributed by atoms with van der Waals surface area (Å²) in [7, 11) is 1.63. The molecule has 0 heterocycles. The first-order chi connectivity index (χ1) is 9.24. The highest BCUT2D eigenvalue weighted by Gasteiger charge is 2.12. The van der Waals surface area contributed by atoms with Crippen LogP contribution in [0.25, 0.3) is 0 Å². The van der Waals surface area contributed by atoms with Gasteiger partial charge in [0, 0.05) is 10.2 Å².